The molecule has 94 valence electrons. The Morgan fingerprint density at radius 2 is 1.88 bits per heavy atom. The first kappa shape index (κ1) is 12.6. The van der Waals surface area contributed by atoms with Crippen LogP contribution in [-0.4, -0.2) is 12.6 Å². The molecule has 0 amide bonds. The molecule has 1 N–H and O–H groups in total. The summed E-state index contributed by atoms with van der Waals surface area (Å²) in [5.74, 6) is 0.769. The van der Waals surface area contributed by atoms with E-state index in [1.165, 1.54) is 31.4 Å². The van der Waals surface area contributed by atoms with Crippen LogP contribution in [-0.2, 0) is 0 Å². The van der Waals surface area contributed by atoms with E-state index < -0.39 is 0 Å². The first-order valence-corrected chi connectivity index (χ1v) is 6.84. The van der Waals surface area contributed by atoms with Crippen LogP contribution in [0.15, 0.2) is 30.3 Å². The molecular formula is C16H25N. The highest BCUT2D eigenvalue weighted by Crippen LogP contribution is 2.40. The smallest absolute Gasteiger partial charge is 0.0143 e. The second kappa shape index (κ2) is 5.22. The molecule has 0 unspecified atom stereocenters. The molecular weight excluding hydrogens is 206 g/mol. The molecule has 1 aliphatic carbocycles. The maximum Gasteiger partial charge on any atom is 0.0143 e. The van der Waals surface area contributed by atoms with E-state index in [1.807, 2.05) is 0 Å². The molecule has 2 atom stereocenters. The molecule has 1 aromatic rings. The highest BCUT2D eigenvalue weighted by molar-refractivity contribution is 5.27. The maximum absolute atomic E-state index is 3.68. The van der Waals surface area contributed by atoms with Crippen LogP contribution in [0.4, 0.5) is 0 Å². The number of benzene rings is 1. The minimum absolute atomic E-state index is 0.476. The van der Waals surface area contributed by atoms with Gasteiger partial charge in [0.05, 0.1) is 0 Å². The highest BCUT2D eigenvalue weighted by atomic mass is 15.0. The van der Waals surface area contributed by atoms with Gasteiger partial charge in [-0.25, -0.2) is 0 Å². The summed E-state index contributed by atoms with van der Waals surface area (Å²) in [7, 11) is 0. The summed E-state index contributed by atoms with van der Waals surface area (Å²) in [5.41, 5.74) is 1.98. The topological polar surface area (TPSA) is 12.0 Å². The molecule has 1 heteroatoms. The van der Waals surface area contributed by atoms with Crippen LogP contribution >= 0.6 is 0 Å². The molecule has 1 fully saturated rings. The van der Waals surface area contributed by atoms with Crippen molar-refractivity contribution in [3.05, 3.63) is 35.9 Å². The molecule has 1 saturated carbocycles. The summed E-state index contributed by atoms with van der Waals surface area (Å²) >= 11 is 0. The zero-order valence-corrected chi connectivity index (χ0v) is 11.4. The molecule has 0 bridgehead atoms. The van der Waals surface area contributed by atoms with Crippen molar-refractivity contribution in [2.45, 2.75) is 52.0 Å². The standard InChI is InChI=1S/C16H25N/c1-16(2,3)10-7-11-17-15-12-14(15)13-8-5-4-6-9-13/h4-6,8-9,14-15,17H,7,10-12H2,1-3H3/t14-,15+/m0/s1. The van der Waals surface area contributed by atoms with Crippen LogP contribution in [0.25, 0.3) is 0 Å². The molecule has 1 nitrogen and oxygen atoms in total. The summed E-state index contributed by atoms with van der Waals surface area (Å²) in [6.45, 7) is 8.12. The summed E-state index contributed by atoms with van der Waals surface area (Å²) in [5, 5.41) is 3.68. The van der Waals surface area contributed by atoms with Crippen molar-refractivity contribution in [1.82, 2.24) is 5.32 Å². The van der Waals surface area contributed by atoms with Gasteiger partial charge >= 0.3 is 0 Å². The van der Waals surface area contributed by atoms with Gasteiger partial charge in [-0.2, -0.15) is 0 Å². The second-order valence-electron chi connectivity index (χ2n) is 6.48. The van der Waals surface area contributed by atoms with Gasteiger partial charge in [-0.1, -0.05) is 51.1 Å². The Kier molecular flexibility index (Phi) is 3.88. The lowest BCUT2D eigenvalue weighted by molar-refractivity contribution is 0.360. The van der Waals surface area contributed by atoms with Gasteiger partial charge in [0.1, 0.15) is 0 Å². The fraction of sp³-hybridized carbons (Fsp3) is 0.625. The zero-order valence-electron chi connectivity index (χ0n) is 11.4. The third-order valence-electron chi connectivity index (χ3n) is 3.53. The number of hydrogen-bond donors (Lipinski definition) is 1. The van der Waals surface area contributed by atoms with Crippen LogP contribution in [0.2, 0.25) is 0 Å². The summed E-state index contributed by atoms with van der Waals surface area (Å²) in [4.78, 5) is 0. The van der Waals surface area contributed by atoms with E-state index in [0.29, 0.717) is 5.41 Å². The van der Waals surface area contributed by atoms with Gasteiger partial charge in [-0.3, -0.25) is 0 Å². The minimum Gasteiger partial charge on any atom is -0.313 e. The van der Waals surface area contributed by atoms with Crippen molar-refractivity contribution in [3.63, 3.8) is 0 Å². The monoisotopic (exact) mass is 231 g/mol. The SMILES string of the molecule is CC(C)(C)CCCN[C@@H]1C[C@H]1c1ccccc1. The molecule has 17 heavy (non-hydrogen) atoms. The van der Waals surface area contributed by atoms with E-state index in [-0.39, 0.29) is 0 Å². The predicted octanol–water partition coefficient (Wildman–Crippen LogP) is 3.96. The van der Waals surface area contributed by atoms with Gasteiger partial charge in [-0.05, 0) is 36.8 Å². The van der Waals surface area contributed by atoms with Crippen molar-refractivity contribution in [3.8, 4) is 0 Å². The molecule has 1 aromatic carbocycles. The van der Waals surface area contributed by atoms with Crippen molar-refractivity contribution < 1.29 is 0 Å². The normalized spacial score (nSPS) is 23.7. The average molecular weight is 231 g/mol. The predicted molar refractivity (Wildman–Crippen MR) is 74.3 cm³/mol. The largest absolute Gasteiger partial charge is 0.313 e. The first-order valence-electron chi connectivity index (χ1n) is 6.84. The van der Waals surface area contributed by atoms with E-state index in [1.54, 1.807) is 0 Å². The average Bonchev–Trinajstić information content (AvgIpc) is 3.04. The van der Waals surface area contributed by atoms with E-state index in [0.717, 1.165) is 12.0 Å². The Balaban J connectivity index is 1.64. The van der Waals surface area contributed by atoms with E-state index in [4.69, 9.17) is 0 Å². The fourth-order valence-electron chi connectivity index (χ4n) is 2.40. The van der Waals surface area contributed by atoms with Gasteiger partial charge in [0.2, 0.25) is 0 Å². The third kappa shape index (κ3) is 4.16. The Labute approximate surface area is 106 Å². The summed E-state index contributed by atoms with van der Waals surface area (Å²) in [6.07, 6.45) is 3.92. The van der Waals surface area contributed by atoms with Crippen LogP contribution in [0.3, 0.4) is 0 Å². The Bertz CT molecular complexity index is 336. The molecule has 0 radical (unpaired) electrons. The van der Waals surface area contributed by atoms with Crippen LogP contribution in [0, 0.1) is 5.41 Å². The molecule has 0 aliphatic heterocycles. The van der Waals surface area contributed by atoms with Crippen molar-refractivity contribution in [2.75, 3.05) is 6.54 Å². The Hall–Kier alpha value is -0.820. The highest BCUT2D eigenvalue weighted by Gasteiger charge is 2.37. The lowest BCUT2D eigenvalue weighted by Gasteiger charge is -2.17. The van der Waals surface area contributed by atoms with Gasteiger partial charge in [0.25, 0.3) is 0 Å². The van der Waals surface area contributed by atoms with Crippen molar-refractivity contribution in [2.24, 2.45) is 5.41 Å². The first-order chi connectivity index (χ1) is 8.06. The van der Waals surface area contributed by atoms with Gasteiger partial charge in [-0.15, -0.1) is 0 Å². The second-order valence-corrected chi connectivity index (χ2v) is 6.48. The molecule has 1 aliphatic rings. The van der Waals surface area contributed by atoms with E-state index >= 15 is 0 Å². The molecule has 0 aromatic heterocycles. The Morgan fingerprint density at radius 3 is 2.53 bits per heavy atom. The molecule has 0 saturated heterocycles. The third-order valence-corrected chi connectivity index (χ3v) is 3.53. The van der Waals surface area contributed by atoms with Gasteiger partial charge in [0, 0.05) is 12.0 Å². The Morgan fingerprint density at radius 1 is 1.18 bits per heavy atom. The summed E-state index contributed by atoms with van der Waals surface area (Å²) in [6, 6.07) is 11.6. The van der Waals surface area contributed by atoms with Crippen LogP contribution in [0.1, 0.15) is 51.5 Å². The zero-order chi connectivity index (χ0) is 12.3. The van der Waals surface area contributed by atoms with E-state index in [9.17, 15) is 0 Å². The minimum atomic E-state index is 0.476. The number of hydrogen-bond acceptors (Lipinski definition) is 1. The molecule has 0 heterocycles. The van der Waals surface area contributed by atoms with Gasteiger partial charge < -0.3 is 5.32 Å². The van der Waals surface area contributed by atoms with E-state index in [2.05, 4.69) is 56.4 Å². The van der Waals surface area contributed by atoms with Crippen molar-refractivity contribution >= 4 is 0 Å². The van der Waals surface area contributed by atoms with Gasteiger partial charge in [0.15, 0.2) is 0 Å². The van der Waals surface area contributed by atoms with Crippen LogP contribution in [0.5, 0.6) is 0 Å². The lowest BCUT2D eigenvalue weighted by atomic mass is 9.91. The van der Waals surface area contributed by atoms with Crippen LogP contribution < -0.4 is 5.32 Å². The molecule has 0 spiro atoms. The number of rotatable bonds is 5. The summed E-state index contributed by atoms with van der Waals surface area (Å²) < 4.78 is 0. The maximum atomic E-state index is 3.68. The molecule has 2 rings (SSSR count). The van der Waals surface area contributed by atoms with Crippen molar-refractivity contribution in [1.29, 1.82) is 0 Å². The quantitative estimate of drug-likeness (QED) is 0.756. The lowest BCUT2D eigenvalue weighted by Crippen LogP contribution is -2.20. The fourth-order valence-corrected chi connectivity index (χ4v) is 2.40. The number of nitrogens with one attached hydrogen (secondary N) is 1.